The third kappa shape index (κ3) is 6.78. The normalized spacial score (nSPS) is 25.4. The number of carbonyl (C=O) groups excluding carboxylic acids is 2. The van der Waals surface area contributed by atoms with E-state index >= 15 is 8.78 Å². The first-order valence-electron chi connectivity index (χ1n) is 20.4. The lowest BCUT2D eigenvalue weighted by Crippen LogP contribution is -2.44. The molecule has 308 valence electrons. The van der Waals surface area contributed by atoms with Crippen molar-refractivity contribution in [2.75, 3.05) is 40.5 Å². The number of aryl methyl sites for hydroxylation is 2. The molecule has 6 heterocycles. The van der Waals surface area contributed by atoms with Crippen LogP contribution in [0.2, 0.25) is 5.02 Å². The second kappa shape index (κ2) is 14.1. The van der Waals surface area contributed by atoms with Gasteiger partial charge >= 0.3 is 5.92 Å². The highest BCUT2D eigenvalue weighted by Crippen LogP contribution is 2.47. The lowest BCUT2D eigenvalue weighted by Gasteiger charge is -2.37. The summed E-state index contributed by atoms with van der Waals surface area (Å²) >= 11 is 6.65. The molecule has 2 saturated carbocycles. The van der Waals surface area contributed by atoms with Gasteiger partial charge in [0.05, 0.1) is 40.6 Å². The SMILES string of the molecule is Cn1nc(C2CCC(=O)NC2=O)c2ccc(NC3CCC4(CC3)CCN(c3ncc(Cl)c(Nc5ccc6c(c5)c5c(c(=O)n6C)OCC(F)(F)[C@H](C6CC6)N5)n3)C4)cc21. The molecule has 5 aromatic rings. The Balaban J connectivity index is 0.816. The van der Waals surface area contributed by atoms with Crippen LogP contribution in [0.4, 0.5) is 37.6 Å². The third-order valence-electron chi connectivity index (χ3n) is 13.2. The molecule has 3 aliphatic heterocycles. The zero-order chi connectivity index (χ0) is 40.8. The minimum atomic E-state index is -3.13. The Kier molecular flexibility index (Phi) is 8.99. The zero-order valence-electron chi connectivity index (χ0n) is 32.8. The van der Waals surface area contributed by atoms with Gasteiger partial charge in [-0.05, 0) is 99.1 Å². The average molecular weight is 827 g/mol. The average Bonchev–Trinajstić information content (AvgIpc) is 3.92. The first kappa shape index (κ1) is 37.7. The van der Waals surface area contributed by atoms with E-state index in [0.29, 0.717) is 70.8 Å². The molecule has 2 atom stereocenters. The number of fused-ring (bicyclic) bond motifs is 4. The van der Waals surface area contributed by atoms with Crippen LogP contribution in [0, 0.1) is 11.3 Å². The van der Waals surface area contributed by atoms with Gasteiger partial charge in [-0.2, -0.15) is 10.1 Å². The van der Waals surface area contributed by atoms with Gasteiger partial charge in [0.2, 0.25) is 23.5 Å². The van der Waals surface area contributed by atoms with Crippen LogP contribution in [0.5, 0.6) is 5.75 Å². The van der Waals surface area contributed by atoms with Gasteiger partial charge < -0.3 is 30.2 Å². The van der Waals surface area contributed by atoms with E-state index in [0.717, 1.165) is 61.8 Å². The van der Waals surface area contributed by atoms with E-state index in [4.69, 9.17) is 21.3 Å². The van der Waals surface area contributed by atoms with Gasteiger partial charge in [0.25, 0.3) is 5.56 Å². The standard InChI is InChI=1S/C42H45ClF2N10O4/c1-53-30-9-6-24(17-28(30)34-35(39(53)58)59-21-42(44,45)36(50-34)22-3-4-22)48-37-29(43)19-46-40(51-37)55-16-15-41(20-55)13-11-23(12-14-41)47-25-5-7-26-31(18-25)54(2)52-33(26)27-8-10-32(56)49-38(27)57/h5-7,9,17-19,22-23,27,36,47,50H,3-4,8,10-16,20-21H2,1-2H3,(H,46,48,51)(H,49,56,57)/t23?,27?,36-,41?/m0/s1. The molecule has 1 unspecified atom stereocenters. The number of nitrogens with zero attached hydrogens (tertiary/aromatic N) is 6. The summed E-state index contributed by atoms with van der Waals surface area (Å²) in [6.07, 6.45) is 8.95. The van der Waals surface area contributed by atoms with Gasteiger partial charge in [-0.15, -0.1) is 0 Å². The molecule has 3 aromatic heterocycles. The highest BCUT2D eigenvalue weighted by Gasteiger charge is 2.51. The van der Waals surface area contributed by atoms with Crippen LogP contribution in [0.25, 0.3) is 21.8 Å². The minimum absolute atomic E-state index is 0.108. The van der Waals surface area contributed by atoms with Crippen molar-refractivity contribution >= 4 is 74.0 Å². The van der Waals surface area contributed by atoms with Crippen molar-refractivity contribution in [1.29, 1.82) is 0 Å². The Hall–Kier alpha value is -5.51. The number of hydrogen-bond acceptors (Lipinski definition) is 11. The first-order chi connectivity index (χ1) is 28.3. The third-order valence-corrected chi connectivity index (χ3v) is 13.5. The number of aromatic nitrogens is 5. The quantitative estimate of drug-likeness (QED) is 0.131. The van der Waals surface area contributed by atoms with Crippen molar-refractivity contribution in [2.45, 2.75) is 81.7 Å². The monoisotopic (exact) mass is 826 g/mol. The van der Waals surface area contributed by atoms with Crippen LogP contribution in [-0.4, -0.2) is 73.8 Å². The van der Waals surface area contributed by atoms with Crippen LogP contribution in [0.1, 0.15) is 69.4 Å². The predicted molar refractivity (Wildman–Crippen MR) is 221 cm³/mol. The predicted octanol–water partition coefficient (Wildman–Crippen LogP) is 6.60. The number of rotatable bonds is 7. The number of pyridine rings is 1. The maximum atomic E-state index is 15.2. The molecule has 2 saturated heterocycles. The number of amides is 2. The summed E-state index contributed by atoms with van der Waals surface area (Å²) in [6, 6.07) is 10.7. The number of halogens is 3. The van der Waals surface area contributed by atoms with Gasteiger partial charge in [0, 0.05) is 61.8 Å². The lowest BCUT2D eigenvalue weighted by molar-refractivity contribution is -0.134. The van der Waals surface area contributed by atoms with Crippen LogP contribution < -0.4 is 36.5 Å². The van der Waals surface area contributed by atoms with Crippen molar-refractivity contribution in [1.82, 2.24) is 29.6 Å². The van der Waals surface area contributed by atoms with E-state index < -0.39 is 30.0 Å². The van der Waals surface area contributed by atoms with Crippen LogP contribution in [0.15, 0.2) is 47.4 Å². The maximum Gasteiger partial charge on any atom is 0.301 e. The van der Waals surface area contributed by atoms with E-state index in [9.17, 15) is 14.4 Å². The second-order valence-electron chi connectivity index (χ2n) is 17.1. The Morgan fingerprint density at radius 2 is 1.75 bits per heavy atom. The van der Waals surface area contributed by atoms with Crippen molar-refractivity contribution in [3.05, 3.63) is 63.7 Å². The molecule has 4 fully saturated rings. The maximum absolute atomic E-state index is 15.2. The molecule has 4 N–H and O–H groups in total. The number of imide groups is 1. The number of carbonyl (C=O) groups is 2. The number of nitrogens with one attached hydrogen (secondary N) is 4. The summed E-state index contributed by atoms with van der Waals surface area (Å²) in [6.45, 7) is 0.794. The summed E-state index contributed by atoms with van der Waals surface area (Å²) in [7, 11) is 3.49. The molecule has 17 heteroatoms. The van der Waals surface area contributed by atoms with E-state index in [1.165, 1.54) is 4.57 Å². The van der Waals surface area contributed by atoms with E-state index in [1.807, 2.05) is 23.9 Å². The van der Waals surface area contributed by atoms with E-state index in [1.54, 1.807) is 25.4 Å². The zero-order valence-corrected chi connectivity index (χ0v) is 33.5. The molecule has 1 spiro atoms. The van der Waals surface area contributed by atoms with Crippen molar-refractivity contribution in [2.24, 2.45) is 25.4 Å². The molecule has 5 aliphatic rings. The van der Waals surface area contributed by atoms with Gasteiger partial charge in [-0.25, -0.2) is 13.8 Å². The Bertz CT molecular complexity index is 2600. The number of hydrogen-bond donors (Lipinski definition) is 4. The molecule has 2 aromatic carbocycles. The van der Waals surface area contributed by atoms with E-state index in [-0.39, 0.29) is 34.6 Å². The molecule has 0 radical (unpaired) electrons. The largest absolute Gasteiger partial charge is 0.480 e. The number of anilines is 5. The molecule has 59 heavy (non-hydrogen) atoms. The first-order valence-corrected chi connectivity index (χ1v) is 20.8. The summed E-state index contributed by atoms with van der Waals surface area (Å²) in [4.78, 5) is 49.3. The fourth-order valence-electron chi connectivity index (χ4n) is 9.73. The Morgan fingerprint density at radius 1 is 0.949 bits per heavy atom. The van der Waals surface area contributed by atoms with Crippen molar-refractivity contribution in [3.8, 4) is 5.75 Å². The van der Waals surface area contributed by atoms with Crippen molar-refractivity contribution < 1.29 is 23.1 Å². The number of ether oxygens (including phenoxy) is 1. The Morgan fingerprint density at radius 3 is 2.53 bits per heavy atom. The topological polar surface area (TPSA) is 160 Å². The minimum Gasteiger partial charge on any atom is -0.480 e. The molecular formula is C42H45ClF2N10O4. The highest BCUT2D eigenvalue weighted by molar-refractivity contribution is 6.33. The summed E-state index contributed by atoms with van der Waals surface area (Å²) in [5.41, 5.74) is 3.80. The lowest BCUT2D eigenvalue weighted by atomic mass is 9.72. The number of alkyl halides is 2. The fraction of sp³-hybridized carbons (Fsp3) is 0.476. The van der Waals surface area contributed by atoms with Crippen LogP contribution >= 0.6 is 11.6 Å². The van der Waals surface area contributed by atoms with Gasteiger partial charge in [0.1, 0.15) is 5.02 Å². The molecule has 2 aliphatic carbocycles. The summed E-state index contributed by atoms with van der Waals surface area (Å²) < 4.78 is 39.1. The Labute approximate surface area is 343 Å². The summed E-state index contributed by atoms with van der Waals surface area (Å²) in [5, 5.41) is 19.1. The van der Waals surface area contributed by atoms with Crippen LogP contribution in [-0.2, 0) is 23.7 Å². The second-order valence-corrected chi connectivity index (χ2v) is 17.5. The van der Waals surface area contributed by atoms with Gasteiger partial charge in [-0.1, -0.05) is 11.6 Å². The molecular weight excluding hydrogens is 782 g/mol. The number of piperidine rings is 1. The molecule has 2 amide bonds. The summed E-state index contributed by atoms with van der Waals surface area (Å²) in [5.74, 6) is -3.39. The van der Waals surface area contributed by atoms with Crippen molar-refractivity contribution in [3.63, 3.8) is 0 Å². The van der Waals surface area contributed by atoms with E-state index in [2.05, 4.69) is 48.4 Å². The molecule has 0 bridgehead atoms. The fourth-order valence-corrected chi connectivity index (χ4v) is 9.87. The smallest absolute Gasteiger partial charge is 0.301 e. The van der Waals surface area contributed by atoms with Gasteiger partial charge in [-0.3, -0.25) is 24.4 Å². The molecule has 10 rings (SSSR count). The van der Waals surface area contributed by atoms with Gasteiger partial charge in [0.15, 0.2) is 12.4 Å². The molecule has 14 nitrogen and oxygen atoms in total. The number of benzene rings is 2. The highest BCUT2D eigenvalue weighted by atomic mass is 35.5. The van der Waals surface area contributed by atoms with Crippen LogP contribution in [0.3, 0.4) is 0 Å².